The monoisotopic (exact) mass is 430 g/mol. The SMILES string of the molecule is Cc1cc(C)c(C(C)NC(=O)CN(c2ccc(C(C)(C)C)cc2)S(C)(=O)=O)cc1C. The zero-order chi connectivity index (χ0) is 22.9. The Morgan fingerprint density at radius 2 is 1.53 bits per heavy atom. The van der Waals surface area contributed by atoms with E-state index in [0.29, 0.717) is 5.69 Å². The number of hydrogen-bond acceptors (Lipinski definition) is 3. The molecular weight excluding hydrogens is 396 g/mol. The Hall–Kier alpha value is -2.34. The highest BCUT2D eigenvalue weighted by Crippen LogP contribution is 2.26. The van der Waals surface area contributed by atoms with Crippen LogP contribution in [0.25, 0.3) is 0 Å². The van der Waals surface area contributed by atoms with Crippen molar-refractivity contribution in [3.63, 3.8) is 0 Å². The van der Waals surface area contributed by atoms with Crippen molar-refractivity contribution in [3.05, 3.63) is 64.2 Å². The molecule has 0 saturated heterocycles. The third-order valence-corrected chi connectivity index (χ3v) is 6.58. The summed E-state index contributed by atoms with van der Waals surface area (Å²) in [7, 11) is -3.61. The highest BCUT2D eigenvalue weighted by molar-refractivity contribution is 7.92. The quantitative estimate of drug-likeness (QED) is 0.731. The van der Waals surface area contributed by atoms with Crippen molar-refractivity contribution in [1.29, 1.82) is 0 Å². The zero-order valence-corrected chi connectivity index (χ0v) is 20.1. The summed E-state index contributed by atoms with van der Waals surface area (Å²) < 4.78 is 25.9. The number of hydrogen-bond donors (Lipinski definition) is 1. The molecule has 0 bridgehead atoms. The Morgan fingerprint density at radius 3 is 2.03 bits per heavy atom. The fraction of sp³-hybridized carbons (Fsp3) is 0.458. The maximum atomic E-state index is 12.7. The largest absolute Gasteiger partial charge is 0.348 e. The Morgan fingerprint density at radius 1 is 1.00 bits per heavy atom. The predicted octanol–water partition coefficient (Wildman–Crippen LogP) is 4.55. The van der Waals surface area contributed by atoms with Gasteiger partial charge in [0.1, 0.15) is 6.54 Å². The lowest BCUT2D eigenvalue weighted by Gasteiger charge is -2.25. The topological polar surface area (TPSA) is 66.5 Å². The van der Waals surface area contributed by atoms with Gasteiger partial charge in [-0.05, 0) is 73.1 Å². The normalized spacial score (nSPS) is 13.1. The van der Waals surface area contributed by atoms with Crippen LogP contribution in [0.2, 0.25) is 0 Å². The van der Waals surface area contributed by atoms with Crippen LogP contribution in [-0.4, -0.2) is 27.1 Å². The van der Waals surface area contributed by atoms with Gasteiger partial charge in [-0.25, -0.2) is 8.42 Å². The minimum absolute atomic E-state index is 0.0364. The first-order valence-corrected chi connectivity index (χ1v) is 12.0. The number of nitrogens with zero attached hydrogens (tertiary/aromatic N) is 1. The second-order valence-corrected chi connectivity index (χ2v) is 11.1. The molecule has 6 heteroatoms. The van der Waals surface area contributed by atoms with E-state index in [2.05, 4.69) is 45.1 Å². The van der Waals surface area contributed by atoms with Gasteiger partial charge in [-0.15, -0.1) is 0 Å². The van der Waals surface area contributed by atoms with Crippen molar-refractivity contribution < 1.29 is 13.2 Å². The summed E-state index contributed by atoms with van der Waals surface area (Å²) in [5.74, 6) is -0.342. The highest BCUT2D eigenvalue weighted by Gasteiger charge is 2.23. The lowest BCUT2D eigenvalue weighted by Crippen LogP contribution is -2.41. The van der Waals surface area contributed by atoms with E-state index in [0.717, 1.165) is 32.8 Å². The van der Waals surface area contributed by atoms with Crippen LogP contribution in [0.1, 0.15) is 61.6 Å². The van der Waals surface area contributed by atoms with Crippen molar-refractivity contribution in [2.75, 3.05) is 17.1 Å². The number of aryl methyl sites for hydroxylation is 3. The van der Waals surface area contributed by atoms with Crippen LogP contribution in [0.3, 0.4) is 0 Å². The molecule has 1 N–H and O–H groups in total. The highest BCUT2D eigenvalue weighted by atomic mass is 32.2. The molecular formula is C24H34N2O3S. The van der Waals surface area contributed by atoms with Crippen LogP contribution >= 0.6 is 0 Å². The van der Waals surface area contributed by atoms with E-state index < -0.39 is 10.0 Å². The summed E-state index contributed by atoms with van der Waals surface area (Å²) in [6, 6.07) is 11.3. The van der Waals surface area contributed by atoms with E-state index in [1.165, 1.54) is 5.56 Å². The third kappa shape index (κ3) is 5.85. The van der Waals surface area contributed by atoms with Gasteiger partial charge in [-0.3, -0.25) is 9.10 Å². The van der Waals surface area contributed by atoms with Gasteiger partial charge in [-0.1, -0.05) is 45.0 Å². The molecule has 5 nitrogen and oxygen atoms in total. The lowest BCUT2D eigenvalue weighted by molar-refractivity contribution is -0.120. The Bertz CT molecular complexity index is 1020. The number of anilines is 1. The number of benzene rings is 2. The maximum absolute atomic E-state index is 12.7. The van der Waals surface area contributed by atoms with Crippen LogP contribution in [0, 0.1) is 20.8 Å². The Kier molecular flexibility index (Phi) is 7.02. The minimum atomic E-state index is -3.61. The van der Waals surface area contributed by atoms with Crippen LogP contribution in [0.15, 0.2) is 36.4 Å². The fourth-order valence-corrected chi connectivity index (χ4v) is 4.33. The molecule has 0 aliphatic carbocycles. The number of nitrogens with one attached hydrogen (secondary N) is 1. The average Bonchev–Trinajstić information content (AvgIpc) is 2.61. The molecule has 0 heterocycles. The average molecular weight is 431 g/mol. The van der Waals surface area contributed by atoms with Gasteiger partial charge in [0.15, 0.2) is 0 Å². The molecule has 1 amide bonds. The number of amides is 1. The van der Waals surface area contributed by atoms with E-state index in [-0.39, 0.29) is 23.9 Å². The van der Waals surface area contributed by atoms with Gasteiger partial charge in [-0.2, -0.15) is 0 Å². The van der Waals surface area contributed by atoms with Crippen LogP contribution in [0.4, 0.5) is 5.69 Å². The van der Waals surface area contributed by atoms with Crippen LogP contribution in [-0.2, 0) is 20.2 Å². The first-order chi connectivity index (χ1) is 13.7. The predicted molar refractivity (Wildman–Crippen MR) is 125 cm³/mol. The maximum Gasteiger partial charge on any atom is 0.241 e. The molecule has 164 valence electrons. The summed E-state index contributed by atoms with van der Waals surface area (Å²) in [4.78, 5) is 12.7. The Balaban J connectivity index is 2.21. The molecule has 1 unspecified atom stereocenters. The second kappa shape index (κ2) is 8.80. The Labute approximate surface area is 181 Å². The molecule has 2 aromatic rings. The molecule has 2 aromatic carbocycles. The summed E-state index contributed by atoms with van der Waals surface area (Å²) in [5.41, 5.74) is 6.05. The lowest BCUT2D eigenvalue weighted by atomic mass is 9.87. The number of carbonyl (C=O) groups is 1. The summed E-state index contributed by atoms with van der Waals surface area (Å²) >= 11 is 0. The van der Waals surface area contributed by atoms with Gasteiger partial charge >= 0.3 is 0 Å². The van der Waals surface area contributed by atoms with Gasteiger partial charge in [0.25, 0.3) is 0 Å². The van der Waals surface area contributed by atoms with Crippen LogP contribution < -0.4 is 9.62 Å². The first kappa shape index (κ1) is 23.9. The molecule has 0 aromatic heterocycles. The zero-order valence-electron chi connectivity index (χ0n) is 19.3. The van der Waals surface area contributed by atoms with E-state index in [4.69, 9.17) is 0 Å². The van der Waals surface area contributed by atoms with Crippen molar-refractivity contribution in [2.24, 2.45) is 0 Å². The third-order valence-electron chi connectivity index (χ3n) is 5.44. The number of carbonyl (C=O) groups excluding carboxylic acids is 1. The van der Waals surface area contributed by atoms with E-state index in [1.54, 1.807) is 12.1 Å². The van der Waals surface area contributed by atoms with Crippen molar-refractivity contribution in [3.8, 4) is 0 Å². The summed E-state index contributed by atoms with van der Waals surface area (Å²) in [6.45, 7) is 14.1. The molecule has 1 atom stereocenters. The van der Waals surface area contributed by atoms with Crippen molar-refractivity contribution in [2.45, 2.75) is 59.9 Å². The number of rotatable bonds is 6. The van der Waals surface area contributed by atoms with E-state index >= 15 is 0 Å². The molecule has 0 aliphatic rings. The van der Waals surface area contributed by atoms with Gasteiger partial charge < -0.3 is 5.32 Å². The molecule has 0 aliphatic heterocycles. The standard InChI is InChI=1S/C24H34N2O3S/c1-16-13-18(3)22(14-17(16)2)19(4)25-23(27)15-26(30(8,28)29)21-11-9-20(10-12-21)24(5,6)7/h9-14,19H,15H2,1-8H3,(H,25,27). The minimum Gasteiger partial charge on any atom is -0.348 e. The molecule has 0 fully saturated rings. The van der Waals surface area contributed by atoms with E-state index in [1.807, 2.05) is 32.9 Å². The molecule has 30 heavy (non-hydrogen) atoms. The fourth-order valence-electron chi connectivity index (χ4n) is 3.47. The molecule has 2 rings (SSSR count). The van der Waals surface area contributed by atoms with Gasteiger partial charge in [0, 0.05) is 0 Å². The first-order valence-electron chi connectivity index (χ1n) is 10.2. The van der Waals surface area contributed by atoms with Crippen LogP contribution in [0.5, 0.6) is 0 Å². The van der Waals surface area contributed by atoms with Gasteiger partial charge in [0.05, 0.1) is 18.0 Å². The second-order valence-electron chi connectivity index (χ2n) is 9.15. The molecule has 0 spiro atoms. The number of sulfonamides is 1. The van der Waals surface area contributed by atoms with Crippen molar-refractivity contribution in [1.82, 2.24) is 5.32 Å². The summed E-state index contributed by atoms with van der Waals surface area (Å²) in [6.07, 6.45) is 1.12. The molecule has 0 radical (unpaired) electrons. The van der Waals surface area contributed by atoms with E-state index in [9.17, 15) is 13.2 Å². The van der Waals surface area contributed by atoms with Crippen molar-refractivity contribution >= 4 is 21.6 Å². The molecule has 0 saturated carbocycles. The summed E-state index contributed by atoms with van der Waals surface area (Å²) in [5, 5.41) is 2.95. The smallest absolute Gasteiger partial charge is 0.241 e. The van der Waals surface area contributed by atoms with Gasteiger partial charge in [0.2, 0.25) is 15.9 Å².